The van der Waals surface area contributed by atoms with Crippen molar-refractivity contribution in [2.45, 2.75) is 19.2 Å². The Bertz CT molecular complexity index is 1030. The van der Waals surface area contributed by atoms with E-state index in [4.69, 9.17) is 0 Å². The maximum atomic E-state index is 10.6. The summed E-state index contributed by atoms with van der Waals surface area (Å²) >= 11 is 2.35. The van der Waals surface area contributed by atoms with Gasteiger partial charge in [-0.15, -0.1) is 0 Å². The van der Waals surface area contributed by atoms with Gasteiger partial charge in [0.25, 0.3) is 0 Å². The third-order valence-corrected chi connectivity index (χ3v) is 5.35. The smallest absolute Gasteiger partial charge is 0.0843 e. The van der Waals surface area contributed by atoms with Crippen molar-refractivity contribution >= 4 is 44.4 Å². The molecule has 4 heteroatoms. The van der Waals surface area contributed by atoms with E-state index in [2.05, 4.69) is 87.1 Å². The van der Waals surface area contributed by atoms with E-state index in [0.29, 0.717) is 13.1 Å². The molecule has 0 aliphatic rings. The fourth-order valence-electron chi connectivity index (χ4n) is 3.48. The highest BCUT2D eigenvalue weighted by Crippen LogP contribution is 2.30. The third-order valence-electron chi connectivity index (χ3n) is 4.68. The number of nitrogens with zero attached hydrogens (tertiary/aromatic N) is 1. The number of para-hydroxylation sites is 1. The van der Waals surface area contributed by atoms with Crippen molar-refractivity contribution in [2.24, 2.45) is 0 Å². The van der Waals surface area contributed by atoms with Crippen LogP contribution in [0.2, 0.25) is 0 Å². The largest absolute Gasteiger partial charge is 0.390 e. The predicted octanol–water partition coefficient (Wildman–Crippen LogP) is 4.55. The zero-order valence-corrected chi connectivity index (χ0v) is 16.6. The quantitative estimate of drug-likeness (QED) is 0.418. The fraction of sp³-hybridized carbons (Fsp3) is 0.182. The third kappa shape index (κ3) is 3.63. The van der Waals surface area contributed by atoms with Gasteiger partial charge >= 0.3 is 0 Å². The minimum Gasteiger partial charge on any atom is -0.390 e. The molecule has 0 unspecified atom stereocenters. The van der Waals surface area contributed by atoms with Crippen molar-refractivity contribution in [3.8, 4) is 0 Å². The first-order valence-corrected chi connectivity index (χ1v) is 9.89. The minimum absolute atomic E-state index is 0.447. The van der Waals surface area contributed by atoms with Crippen LogP contribution in [0, 0.1) is 3.57 Å². The van der Waals surface area contributed by atoms with E-state index >= 15 is 0 Å². The van der Waals surface area contributed by atoms with Crippen molar-refractivity contribution in [3.63, 3.8) is 0 Å². The first-order chi connectivity index (χ1) is 12.7. The summed E-state index contributed by atoms with van der Waals surface area (Å²) in [4.78, 5) is 0. The molecular weight excluding hydrogens is 435 g/mol. The average Bonchev–Trinajstić information content (AvgIpc) is 2.96. The lowest BCUT2D eigenvalue weighted by atomic mass is 10.2. The monoisotopic (exact) mass is 456 g/mol. The van der Waals surface area contributed by atoms with Gasteiger partial charge in [0.1, 0.15) is 0 Å². The van der Waals surface area contributed by atoms with E-state index in [1.807, 2.05) is 18.2 Å². The van der Waals surface area contributed by atoms with Gasteiger partial charge in [0.15, 0.2) is 0 Å². The highest BCUT2D eigenvalue weighted by molar-refractivity contribution is 14.1. The van der Waals surface area contributed by atoms with Crippen molar-refractivity contribution in [3.05, 3.63) is 81.9 Å². The molecule has 0 amide bonds. The van der Waals surface area contributed by atoms with E-state index in [1.165, 1.54) is 30.9 Å². The van der Waals surface area contributed by atoms with E-state index in [1.54, 1.807) is 0 Å². The van der Waals surface area contributed by atoms with Crippen molar-refractivity contribution in [1.82, 2.24) is 9.88 Å². The Balaban J connectivity index is 1.54. The molecule has 26 heavy (non-hydrogen) atoms. The molecule has 0 aliphatic carbocycles. The number of fused-ring (bicyclic) bond motifs is 3. The van der Waals surface area contributed by atoms with Gasteiger partial charge in [-0.05, 0) is 52.4 Å². The Kier molecular flexibility index (Phi) is 5.24. The summed E-state index contributed by atoms with van der Waals surface area (Å²) in [6.45, 7) is 1.91. The van der Waals surface area contributed by atoms with Crippen LogP contribution >= 0.6 is 22.6 Å². The number of nitrogens with one attached hydrogen (secondary N) is 1. The van der Waals surface area contributed by atoms with E-state index < -0.39 is 6.10 Å². The molecule has 0 saturated heterocycles. The summed E-state index contributed by atoms with van der Waals surface area (Å²) in [5.74, 6) is 0. The summed E-state index contributed by atoms with van der Waals surface area (Å²) in [6.07, 6.45) is -0.447. The summed E-state index contributed by atoms with van der Waals surface area (Å²) in [6, 6.07) is 25.2. The number of aliphatic hydroxyl groups is 1. The molecule has 1 heterocycles. The highest BCUT2D eigenvalue weighted by Gasteiger charge is 2.13. The van der Waals surface area contributed by atoms with Gasteiger partial charge in [0.2, 0.25) is 0 Å². The van der Waals surface area contributed by atoms with Crippen LogP contribution in [0.4, 0.5) is 0 Å². The average molecular weight is 456 g/mol. The van der Waals surface area contributed by atoms with Crippen molar-refractivity contribution in [1.29, 1.82) is 0 Å². The molecule has 4 aromatic rings. The number of rotatable bonds is 6. The molecule has 4 rings (SSSR count). The lowest BCUT2D eigenvalue weighted by molar-refractivity contribution is 0.154. The molecule has 0 radical (unpaired) electrons. The lowest BCUT2D eigenvalue weighted by Gasteiger charge is -2.15. The second-order valence-corrected chi connectivity index (χ2v) is 7.81. The zero-order valence-electron chi connectivity index (χ0n) is 14.4. The number of aliphatic hydroxyl groups excluding tert-OH is 1. The van der Waals surface area contributed by atoms with Crippen LogP contribution in [0.25, 0.3) is 21.8 Å². The first-order valence-electron chi connectivity index (χ1n) is 8.81. The predicted molar refractivity (Wildman–Crippen MR) is 116 cm³/mol. The molecule has 1 aromatic heterocycles. The van der Waals surface area contributed by atoms with Gasteiger partial charge in [0.05, 0.1) is 12.6 Å². The second kappa shape index (κ2) is 7.78. The number of benzene rings is 3. The normalized spacial score (nSPS) is 12.7. The molecule has 3 aromatic carbocycles. The van der Waals surface area contributed by atoms with Crippen LogP contribution in [0.1, 0.15) is 5.56 Å². The van der Waals surface area contributed by atoms with E-state index in [9.17, 15) is 5.11 Å². The zero-order chi connectivity index (χ0) is 17.9. The van der Waals surface area contributed by atoms with E-state index in [-0.39, 0.29) is 0 Å². The topological polar surface area (TPSA) is 37.2 Å². The van der Waals surface area contributed by atoms with Crippen molar-refractivity contribution in [2.75, 3.05) is 6.54 Å². The van der Waals surface area contributed by atoms with Crippen molar-refractivity contribution < 1.29 is 5.11 Å². The summed E-state index contributed by atoms with van der Waals surface area (Å²) < 4.78 is 3.46. The van der Waals surface area contributed by atoms with Crippen LogP contribution in [0.3, 0.4) is 0 Å². The second-order valence-electron chi connectivity index (χ2n) is 6.56. The highest BCUT2D eigenvalue weighted by atomic mass is 127. The van der Waals surface area contributed by atoms with Gasteiger partial charge in [-0.1, -0.05) is 48.5 Å². The van der Waals surface area contributed by atoms with Crippen LogP contribution in [-0.2, 0) is 13.1 Å². The van der Waals surface area contributed by atoms with Gasteiger partial charge in [-0.25, -0.2) is 0 Å². The van der Waals surface area contributed by atoms with Crippen LogP contribution in [0.15, 0.2) is 72.8 Å². The van der Waals surface area contributed by atoms with Gasteiger partial charge in [-0.2, -0.15) is 0 Å². The summed E-state index contributed by atoms with van der Waals surface area (Å²) in [5.41, 5.74) is 3.58. The van der Waals surface area contributed by atoms with E-state index in [0.717, 1.165) is 6.54 Å². The Morgan fingerprint density at radius 2 is 1.62 bits per heavy atom. The molecule has 0 bridgehead atoms. The maximum Gasteiger partial charge on any atom is 0.0843 e. The molecule has 2 N–H and O–H groups in total. The standard InChI is InChI=1S/C22H21IN2O/c23-17-10-11-22-20(12-17)19-8-4-5-9-21(19)25(22)15-18(26)14-24-13-16-6-2-1-3-7-16/h1-12,18,24,26H,13-15H2/t18-/m1/s1. The molecular formula is C22H21IN2O. The maximum absolute atomic E-state index is 10.6. The number of hydrogen-bond acceptors (Lipinski definition) is 2. The Morgan fingerprint density at radius 1 is 0.885 bits per heavy atom. The molecule has 3 nitrogen and oxygen atoms in total. The van der Waals surface area contributed by atoms with Crippen LogP contribution in [-0.4, -0.2) is 22.3 Å². The Labute approximate surface area is 166 Å². The SMILES string of the molecule is O[C@H](CNCc1ccccc1)Cn1c2ccccc2c2cc(I)ccc21. The molecule has 0 saturated carbocycles. The molecule has 0 fully saturated rings. The molecule has 1 atom stereocenters. The van der Waals surface area contributed by atoms with Gasteiger partial charge in [0, 0.05) is 38.5 Å². The van der Waals surface area contributed by atoms with Crippen LogP contribution < -0.4 is 5.32 Å². The first kappa shape index (κ1) is 17.5. The minimum atomic E-state index is -0.447. The van der Waals surface area contributed by atoms with Gasteiger partial charge < -0.3 is 15.0 Å². The molecule has 132 valence electrons. The molecule has 0 spiro atoms. The number of halogens is 1. The Hall–Kier alpha value is -1.89. The number of aromatic nitrogens is 1. The Morgan fingerprint density at radius 3 is 2.46 bits per heavy atom. The fourth-order valence-corrected chi connectivity index (χ4v) is 3.97. The number of hydrogen-bond donors (Lipinski definition) is 2. The lowest BCUT2D eigenvalue weighted by Crippen LogP contribution is -2.29. The summed E-state index contributed by atoms with van der Waals surface area (Å²) in [5, 5.41) is 16.4. The van der Waals surface area contributed by atoms with Crippen LogP contribution in [0.5, 0.6) is 0 Å². The van der Waals surface area contributed by atoms with Gasteiger partial charge in [-0.3, -0.25) is 0 Å². The molecule has 0 aliphatic heterocycles. The summed E-state index contributed by atoms with van der Waals surface area (Å²) in [7, 11) is 0.